The second kappa shape index (κ2) is 17.5. The van der Waals surface area contributed by atoms with Crippen molar-refractivity contribution in [2.45, 2.75) is 65.0 Å². The van der Waals surface area contributed by atoms with Gasteiger partial charge in [0.1, 0.15) is 11.5 Å². The lowest BCUT2D eigenvalue weighted by molar-refractivity contribution is -0.112. The highest BCUT2D eigenvalue weighted by Gasteiger charge is 2.22. The predicted octanol–water partition coefficient (Wildman–Crippen LogP) is 8.56. The van der Waals surface area contributed by atoms with E-state index in [-0.39, 0.29) is 12.2 Å². The molecule has 2 aliphatic rings. The number of carbonyl (C=O) groups excluding carboxylic acids is 1. The van der Waals surface area contributed by atoms with Crippen LogP contribution in [-0.2, 0) is 27.4 Å². The number of anilines is 2. The molecule has 2 aliphatic heterocycles. The van der Waals surface area contributed by atoms with Gasteiger partial charge >= 0.3 is 0 Å². The van der Waals surface area contributed by atoms with E-state index in [0.717, 1.165) is 84.2 Å². The molecule has 1 amide bonds. The number of carbonyl (C=O) groups is 1. The predicted molar refractivity (Wildman–Crippen MR) is 205 cm³/mol. The first kappa shape index (κ1) is 36.2. The standard InChI is InChI=1S/C43H51N3O5/c1-5-24-50-31(2)51-41-17-10-34(11-18-41)35-12-19-42-37(27-35)28-36(20-23-46(42)30-33-8-15-40(48-4)16-9-33)43(47)44-38-13-6-32(7-14-38)29-45(3)39-21-25-49-26-22-39/h6-19,27-28,31,39H,5,20-26,29-30H2,1-4H3,(H,44,47). The zero-order valence-electron chi connectivity index (χ0n) is 30.4. The summed E-state index contributed by atoms with van der Waals surface area (Å²) in [6.45, 7) is 8.62. The molecule has 1 fully saturated rings. The Hall–Kier alpha value is -4.63. The summed E-state index contributed by atoms with van der Waals surface area (Å²) in [6, 6.07) is 31.6. The zero-order chi connectivity index (χ0) is 35.6. The second-order valence-electron chi connectivity index (χ2n) is 13.5. The molecular weight excluding hydrogens is 638 g/mol. The van der Waals surface area contributed by atoms with Crippen LogP contribution in [0.15, 0.2) is 96.6 Å². The number of hydrogen-bond donors (Lipinski definition) is 1. The van der Waals surface area contributed by atoms with Gasteiger partial charge in [-0.25, -0.2) is 0 Å². The molecule has 0 aromatic heterocycles. The van der Waals surface area contributed by atoms with Crippen molar-refractivity contribution in [2.24, 2.45) is 0 Å². The highest BCUT2D eigenvalue weighted by molar-refractivity contribution is 6.07. The monoisotopic (exact) mass is 689 g/mol. The molecule has 1 unspecified atom stereocenters. The third-order valence-electron chi connectivity index (χ3n) is 9.68. The van der Waals surface area contributed by atoms with Gasteiger partial charge in [0.25, 0.3) is 5.91 Å². The van der Waals surface area contributed by atoms with Gasteiger partial charge in [0.15, 0.2) is 6.29 Å². The summed E-state index contributed by atoms with van der Waals surface area (Å²) in [4.78, 5) is 18.6. The molecule has 1 N–H and O–H groups in total. The summed E-state index contributed by atoms with van der Waals surface area (Å²) in [5.74, 6) is 1.52. The number of nitrogens with one attached hydrogen (secondary N) is 1. The summed E-state index contributed by atoms with van der Waals surface area (Å²) < 4.78 is 22.5. The molecule has 0 radical (unpaired) electrons. The average molecular weight is 690 g/mol. The molecule has 4 aromatic rings. The minimum atomic E-state index is -0.309. The fourth-order valence-corrected chi connectivity index (χ4v) is 6.75. The van der Waals surface area contributed by atoms with Gasteiger partial charge in [-0.1, -0.05) is 49.4 Å². The van der Waals surface area contributed by atoms with Gasteiger partial charge in [-0.15, -0.1) is 0 Å². The van der Waals surface area contributed by atoms with Gasteiger partial charge in [0, 0.05) is 55.8 Å². The molecule has 1 atom stereocenters. The van der Waals surface area contributed by atoms with Crippen LogP contribution in [0.2, 0.25) is 0 Å². The number of nitrogens with zero attached hydrogens (tertiary/aromatic N) is 2. The summed E-state index contributed by atoms with van der Waals surface area (Å²) >= 11 is 0. The van der Waals surface area contributed by atoms with E-state index >= 15 is 0 Å². The molecule has 268 valence electrons. The van der Waals surface area contributed by atoms with Crippen LogP contribution in [0.3, 0.4) is 0 Å². The van der Waals surface area contributed by atoms with E-state index in [1.807, 2.05) is 43.3 Å². The number of benzene rings is 4. The van der Waals surface area contributed by atoms with Crippen LogP contribution in [0.5, 0.6) is 11.5 Å². The molecule has 1 saturated heterocycles. The molecule has 0 bridgehead atoms. The van der Waals surface area contributed by atoms with Gasteiger partial charge in [0.05, 0.1) is 13.7 Å². The zero-order valence-corrected chi connectivity index (χ0v) is 30.4. The van der Waals surface area contributed by atoms with Crippen LogP contribution in [-0.4, -0.2) is 63.7 Å². The maximum atomic E-state index is 13.8. The van der Waals surface area contributed by atoms with Crippen LogP contribution in [0.4, 0.5) is 11.4 Å². The molecule has 4 aromatic carbocycles. The Morgan fingerprint density at radius 2 is 1.61 bits per heavy atom. The van der Waals surface area contributed by atoms with Crippen LogP contribution in [0, 0.1) is 0 Å². The van der Waals surface area contributed by atoms with E-state index in [4.69, 9.17) is 18.9 Å². The fraction of sp³-hybridized carbons (Fsp3) is 0.372. The number of hydrogen-bond acceptors (Lipinski definition) is 7. The Morgan fingerprint density at radius 3 is 2.31 bits per heavy atom. The SMILES string of the molecule is CCCOC(C)Oc1ccc(-c2ccc3c(c2)C=C(C(=O)Nc2ccc(CN(C)C4CCOCC4)cc2)CCN3Cc2ccc(OC)cc2)cc1. The molecule has 51 heavy (non-hydrogen) atoms. The molecule has 8 nitrogen and oxygen atoms in total. The van der Waals surface area contributed by atoms with E-state index < -0.39 is 0 Å². The largest absolute Gasteiger partial charge is 0.497 e. The first-order valence-electron chi connectivity index (χ1n) is 18.2. The fourth-order valence-electron chi connectivity index (χ4n) is 6.75. The van der Waals surface area contributed by atoms with E-state index in [1.165, 1.54) is 11.1 Å². The van der Waals surface area contributed by atoms with Crippen molar-refractivity contribution in [3.05, 3.63) is 113 Å². The molecular formula is C43H51N3O5. The topological polar surface area (TPSA) is 72.5 Å². The van der Waals surface area contributed by atoms with Crippen LogP contribution in [0.1, 0.15) is 56.2 Å². The Kier molecular flexibility index (Phi) is 12.4. The van der Waals surface area contributed by atoms with Crippen molar-refractivity contribution < 1.29 is 23.7 Å². The maximum Gasteiger partial charge on any atom is 0.251 e. The summed E-state index contributed by atoms with van der Waals surface area (Å²) in [5.41, 5.74) is 8.19. The summed E-state index contributed by atoms with van der Waals surface area (Å²) in [5, 5.41) is 3.18. The van der Waals surface area contributed by atoms with E-state index in [1.54, 1.807) is 7.11 Å². The molecule has 6 rings (SSSR count). The number of amides is 1. The highest BCUT2D eigenvalue weighted by Crippen LogP contribution is 2.34. The maximum absolute atomic E-state index is 13.8. The average Bonchev–Trinajstić information content (AvgIpc) is 3.34. The lowest BCUT2D eigenvalue weighted by Crippen LogP contribution is -2.36. The Labute approximate surface area is 303 Å². The molecule has 2 heterocycles. The normalized spacial score (nSPS) is 15.5. The van der Waals surface area contributed by atoms with E-state index in [9.17, 15) is 4.79 Å². The number of methoxy groups -OCH3 is 1. The lowest BCUT2D eigenvalue weighted by Gasteiger charge is -2.31. The van der Waals surface area contributed by atoms with Gasteiger partial charge in [-0.3, -0.25) is 9.69 Å². The second-order valence-corrected chi connectivity index (χ2v) is 13.5. The summed E-state index contributed by atoms with van der Waals surface area (Å²) in [7, 11) is 3.86. The molecule has 0 aliphatic carbocycles. The number of ether oxygens (including phenoxy) is 4. The van der Waals surface area contributed by atoms with Crippen molar-refractivity contribution in [3.63, 3.8) is 0 Å². The third kappa shape index (κ3) is 9.79. The van der Waals surface area contributed by atoms with Gasteiger partial charge < -0.3 is 29.2 Å². The van der Waals surface area contributed by atoms with Crippen molar-refractivity contribution in [1.29, 1.82) is 0 Å². The first-order chi connectivity index (χ1) is 24.9. The Bertz CT molecular complexity index is 1750. The minimum absolute atomic E-state index is 0.0781. The van der Waals surface area contributed by atoms with Crippen LogP contribution < -0.4 is 19.7 Å². The first-order valence-corrected chi connectivity index (χ1v) is 18.2. The van der Waals surface area contributed by atoms with E-state index in [2.05, 4.69) is 89.8 Å². The van der Waals surface area contributed by atoms with E-state index in [0.29, 0.717) is 32.2 Å². The highest BCUT2D eigenvalue weighted by atomic mass is 16.7. The third-order valence-corrected chi connectivity index (χ3v) is 9.68. The van der Waals surface area contributed by atoms with Crippen LogP contribution >= 0.6 is 0 Å². The Morgan fingerprint density at radius 1 is 0.922 bits per heavy atom. The van der Waals surface area contributed by atoms with Crippen molar-refractivity contribution in [2.75, 3.05) is 50.7 Å². The van der Waals surface area contributed by atoms with Crippen molar-refractivity contribution in [3.8, 4) is 22.6 Å². The quantitative estimate of drug-likeness (QED) is 0.133. The van der Waals surface area contributed by atoms with Crippen molar-refractivity contribution >= 4 is 23.4 Å². The minimum Gasteiger partial charge on any atom is -0.497 e. The van der Waals surface area contributed by atoms with Gasteiger partial charge in [-0.05, 0) is 122 Å². The van der Waals surface area contributed by atoms with Crippen LogP contribution in [0.25, 0.3) is 17.2 Å². The smallest absolute Gasteiger partial charge is 0.251 e. The molecule has 0 saturated carbocycles. The van der Waals surface area contributed by atoms with Gasteiger partial charge in [0.2, 0.25) is 0 Å². The lowest BCUT2D eigenvalue weighted by atomic mass is 10.00. The number of rotatable bonds is 14. The Balaban J connectivity index is 1.20. The number of fused-ring (bicyclic) bond motifs is 1. The van der Waals surface area contributed by atoms with Crippen molar-refractivity contribution in [1.82, 2.24) is 4.90 Å². The molecule has 8 heteroatoms. The van der Waals surface area contributed by atoms with Gasteiger partial charge in [-0.2, -0.15) is 0 Å². The molecule has 0 spiro atoms. The summed E-state index contributed by atoms with van der Waals surface area (Å²) in [6.07, 6.45) is 5.45.